The van der Waals surface area contributed by atoms with Crippen LogP contribution in [0.1, 0.15) is 39.7 Å². The van der Waals surface area contributed by atoms with Crippen LogP contribution in [0.2, 0.25) is 0 Å². The third kappa shape index (κ3) is 12.4. The summed E-state index contributed by atoms with van der Waals surface area (Å²) in [5.41, 5.74) is 4.56. The Balaban J connectivity index is 0.000000193. The number of hydrogen-bond donors (Lipinski definition) is 2. The van der Waals surface area contributed by atoms with E-state index in [0.717, 1.165) is 58.3 Å². The predicted molar refractivity (Wildman–Crippen MR) is 252 cm³/mol. The molecule has 17 heteroatoms. The van der Waals surface area contributed by atoms with Gasteiger partial charge in [0.2, 0.25) is 11.8 Å². The highest BCUT2D eigenvalue weighted by Gasteiger charge is 2.41. The average molecular weight is 962 g/mol. The summed E-state index contributed by atoms with van der Waals surface area (Å²) in [5, 5.41) is 13.0. The van der Waals surface area contributed by atoms with Gasteiger partial charge in [-0.15, -0.1) is 0 Å². The number of halogens is 3. The van der Waals surface area contributed by atoms with Crippen LogP contribution in [0.3, 0.4) is 0 Å². The Kier molecular flexibility index (Phi) is 15.7. The number of benzene rings is 4. The first-order valence-electron chi connectivity index (χ1n) is 23.1. The number of carboxylic acids is 1. The van der Waals surface area contributed by atoms with Crippen molar-refractivity contribution < 1.29 is 55.3 Å². The van der Waals surface area contributed by atoms with Crippen LogP contribution in [0, 0.1) is 37.5 Å². The molecule has 366 valence electrons. The summed E-state index contributed by atoms with van der Waals surface area (Å²) in [5.74, 6) is 2.20. The number of aryl methyl sites for hydroxylation is 2. The number of alkyl halides is 3. The normalized spacial score (nSPS) is 17.8. The molecule has 2 aliphatic rings. The predicted octanol–water partition coefficient (Wildman–Crippen LogP) is 9.48. The molecule has 5 heterocycles. The first kappa shape index (κ1) is 49.0. The Bertz CT molecular complexity index is 2790. The molecule has 2 N–H and O–H groups in total. The zero-order valence-corrected chi connectivity index (χ0v) is 39.0. The fourth-order valence-electron chi connectivity index (χ4n) is 8.74. The van der Waals surface area contributed by atoms with E-state index in [2.05, 4.69) is 32.4 Å². The number of esters is 1. The summed E-state index contributed by atoms with van der Waals surface area (Å²) in [7, 11) is 1.45. The third-order valence-corrected chi connectivity index (χ3v) is 12.5. The number of nitrogens with zero attached hydrogens (tertiary/aromatic N) is 4. The van der Waals surface area contributed by atoms with Gasteiger partial charge in [-0.1, -0.05) is 60.7 Å². The van der Waals surface area contributed by atoms with Crippen molar-refractivity contribution >= 4 is 18.0 Å². The number of nitrogens with one attached hydrogen (secondary N) is 1. The SMILES string of the molecule is COC(=O)[C@H]1CNC[C@H]1Cc1ccc(OCCc2nc(-c3ccccc3)oc2C)cc1.Cc1oc(-c2ccccc2)nc1CCOc1ccc(C[C@@H]2CN(c3nc(C(F)(F)F)co3)C[C@@H]2C(=O)O)cc1. The Morgan fingerprint density at radius 3 is 1.69 bits per heavy atom. The molecule has 2 fully saturated rings. The largest absolute Gasteiger partial charge is 0.493 e. The van der Waals surface area contributed by atoms with E-state index in [1.165, 1.54) is 17.6 Å². The molecule has 7 aromatic rings. The van der Waals surface area contributed by atoms with Gasteiger partial charge in [-0.25, -0.2) is 9.97 Å². The maximum atomic E-state index is 12.9. The highest BCUT2D eigenvalue weighted by Crippen LogP contribution is 2.35. The van der Waals surface area contributed by atoms with Gasteiger partial charge in [0.25, 0.3) is 6.01 Å². The van der Waals surface area contributed by atoms with Gasteiger partial charge in [-0.2, -0.15) is 18.2 Å². The fraction of sp³-hybridized carbons (Fsp3) is 0.340. The Labute approximate surface area is 402 Å². The number of aromatic nitrogens is 3. The molecule has 4 atom stereocenters. The first-order valence-corrected chi connectivity index (χ1v) is 23.1. The minimum atomic E-state index is -4.63. The zero-order valence-electron chi connectivity index (χ0n) is 39.0. The number of carbonyl (C=O) groups excluding carboxylic acids is 1. The van der Waals surface area contributed by atoms with Crippen LogP contribution in [0.15, 0.2) is 129 Å². The first-order chi connectivity index (χ1) is 33.8. The minimum Gasteiger partial charge on any atom is -0.493 e. The molecular weight excluding hydrogens is 908 g/mol. The molecule has 70 heavy (non-hydrogen) atoms. The summed E-state index contributed by atoms with van der Waals surface area (Å²) < 4.78 is 72.0. The van der Waals surface area contributed by atoms with E-state index in [0.29, 0.717) is 62.8 Å². The lowest BCUT2D eigenvalue weighted by molar-refractivity contribution is -0.146. The summed E-state index contributed by atoms with van der Waals surface area (Å²) >= 11 is 0. The molecule has 9 rings (SSSR count). The quantitative estimate of drug-likeness (QED) is 0.0826. The van der Waals surface area contributed by atoms with Crippen LogP contribution in [0.25, 0.3) is 22.9 Å². The van der Waals surface area contributed by atoms with Crippen LogP contribution in [-0.2, 0) is 46.2 Å². The number of ether oxygens (including phenoxy) is 3. The van der Waals surface area contributed by atoms with Gasteiger partial charge < -0.3 is 42.8 Å². The van der Waals surface area contributed by atoms with Crippen LogP contribution in [0.5, 0.6) is 11.5 Å². The summed E-state index contributed by atoms with van der Waals surface area (Å²) in [6.45, 7) is 6.49. The van der Waals surface area contributed by atoms with E-state index in [1.54, 1.807) is 0 Å². The van der Waals surface area contributed by atoms with E-state index in [4.69, 9.17) is 27.5 Å². The van der Waals surface area contributed by atoms with Crippen LogP contribution < -0.4 is 19.7 Å². The van der Waals surface area contributed by atoms with E-state index < -0.39 is 23.8 Å². The second kappa shape index (κ2) is 22.4. The van der Waals surface area contributed by atoms with E-state index in [9.17, 15) is 27.9 Å². The number of anilines is 1. The molecule has 3 aromatic heterocycles. The molecule has 0 amide bonds. The second-order valence-corrected chi connectivity index (χ2v) is 17.3. The van der Waals surface area contributed by atoms with Crippen molar-refractivity contribution in [3.05, 3.63) is 155 Å². The van der Waals surface area contributed by atoms with Gasteiger partial charge in [0.15, 0.2) is 5.69 Å². The van der Waals surface area contributed by atoms with Crippen LogP contribution in [-0.4, -0.2) is 78.5 Å². The number of oxazole rings is 3. The third-order valence-electron chi connectivity index (χ3n) is 12.5. The maximum absolute atomic E-state index is 12.9. The van der Waals surface area contributed by atoms with Crippen LogP contribution in [0.4, 0.5) is 19.2 Å². The summed E-state index contributed by atoms with van der Waals surface area (Å²) in [6, 6.07) is 34.8. The lowest BCUT2D eigenvalue weighted by Gasteiger charge is -2.16. The molecule has 0 spiro atoms. The fourth-order valence-corrected chi connectivity index (χ4v) is 8.74. The number of rotatable bonds is 17. The van der Waals surface area contributed by atoms with Crippen LogP contribution >= 0.6 is 0 Å². The highest BCUT2D eigenvalue weighted by molar-refractivity contribution is 5.73. The molecule has 0 bridgehead atoms. The van der Waals surface area contributed by atoms with Gasteiger partial charge in [0, 0.05) is 43.6 Å². The molecule has 4 aromatic carbocycles. The van der Waals surface area contributed by atoms with E-state index >= 15 is 0 Å². The molecule has 0 unspecified atom stereocenters. The lowest BCUT2D eigenvalue weighted by atomic mass is 9.90. The Morgan fingerprint density at radius 2 is 1.21 bits per heavy atom. The Hall–Kier alpha value is -7.40. The van der Waals surface area contributed by atoms with Crippen molar-refractivity contribution in [3.63, 3.8) is 0 Å². The number of carboxylic acid groups (broad SMARTS) is 1. The smallest absolute Gasteiger partial charge is 0.436 e. The average Bonchev–Trinajstić information content (AvgIpc) is 4.23. The van der Waals surface area contributed by atoms with Gasteiger partial charge in [0.05, 0.1) is 43.5 Å². The summed E-state index contributed by atoms with van der Waals surface area (Å²) in [6.07, 6.45) is -1.56. The molecular formula is C53H54F3N5O9. The minimum absolute atomic E-state index is 0.0203. The van der Waals surface area contributed by atoms with E-state index in [1.807, 2.05) is 111 Å². The topological polar surface area (TPSA) is 175 Å². The molecule has 0 saturated carbocycles. The second-order valence-electron chi connectivity index (χ2n) is 17.3. The van der Waals surface area contributed by atoms with Gasteiger partial charge in [-0.05, 0) is 105 Å². The van der Waals surface area contributed by atoms with Crippen molar-refractivity contribution in [2.24, 2.45) is 23.7 Å². The van der Waals surface area contributed by atoms with Crippen molar-refractivity contribution in [1.82, 2.24) is 20.3 Å². The van der Waals surface area contributed by atoms with Gasteiger partial charge >= 0.3 is 18.1 Å². The number of carbonyl (C=O) groups is 2. The Morgan fingerprint density at radius 1 is 0.700 bits per heavy atom. The van der Waals surface area contributed by atoms with Crippen molar-refractivity contribution in [2.45, 2.75) is 45.7 Å². The van der Waals surface area contributed by atoms with Crippen molar-refractivity contribution in [3.8, 4) is 34.4 Å². The van der Waals surface area contributed by atoms with Crippen molar-refractivity contribution in [2.75, 3.05) is 51.4 Å². The summed E-state index contributed by atoms with van der Waals surface area (Å²) in [4.78, 5) is 37.9. The van der Waals surface area contributed by atoms with E-state index in [-0.39, 0.29) is 42.8 Å². The molecule has 0 aliphatic carbocycles. The van der Waals surface area contributed by atoms with Crippen molar-refractivity contribution in [1.29, 1.82) is 0 Å². The monoisotopic (exact) mass is 961 g/mol. The lowest BCUT2D eigenvalue weighted by Crippen LogP contribution is -2.25. The highest BCUT2D eigenvalue weighted by atomic mass is 19.4. The molecule has 14 nitrogen and oxygen atoms in total. The van der Waals surface area contributed by atoms with Gasteiger partial charge in [0.1, 0.15) is 29.3 Å². The maximum Gasteiger partial charge on any atom is 0.436 e. The van der Waals surface area contributed by atoms with Gasteiger partial charge in [-0.3, -0.25) is 9.59 Å². The number of aliphatic carboxylic acids is 1. The number of hydrogen-bond acceptors (Lipinski definition) is 13. The molecule has 0 radical (unpaired) electrons. The molecule has 2 saturated heterocycles. The number of methoxy groups -OCH3 is 1. The zero-order chi connectivity index (χ0) is 49.2. The standard InChI is InChI=1S/C28H26F3N3O5.C25H28N2O4/c1-17-23(32-25(39-17)19-5-3-2-4-6-19)11-12-37-21-9-7-18(8-10-21)13-20-14-34(15-22(20)26(35)36)27-33-24(16-38-27)28(29,30)31;1-17-23(27-24(31-17)19-6-4-3-5-7-19)12-13-30-21-10-8-18(9-11-21)14-20-15-26-16-22(20)25(28)29-2/h2-10,16,20,22H,11-15H2,1H3,(H,35,36);3-11,20,22,26H,12-16H2,1-2H3/t2*20-,22+/m11/s1. The molecule has 2 aliphatic heterocycles.